The predicted molar refractivity (Wildman–Crippen MR) is 121 cm³/mol. The van der Waals surface area contributed by atoms with Crippen molar-refractivity contribution in [2.75, 3.05) is 25.4 Å². The quantitative estimate of drug-likeness (QED) is 0.637. The number of likely N-dealkylation sites (tertiary alicyclic amines) is 1. The zero-order valence-electron chi connectivity index (χ0n) is 17.8. The highest BCUT2D eigenvalue weighted by Crippen LogP contribution is 2.42. The number of nitrogens with one attached hydrogen (secondary N) is 1. The molecule has 1 saturated heterocycles. The van der Waals surface area contributed by atoms with Gasteiger partial charge < -0.3 is 5.32 Å². The molecule has 2 aliphatic heterocycles. The number of hydrogen-bond acceptors (Lipinski definition) is 6. The molecule has 1 fully saturated rings. The third kappa shape index (κ3) is 4.58. The third-order valence-electron chi connectivity index (χ3n) is 6.46. The van der Waals surface area contributed by atoms with Crippen LogP contribution < -0.4 is 5.32 Å². The molecule has 2 unspecified atom stereocenters. The van der Waals surface area contributed by atoms with Gasteiger partial charge in [-0.15, -0.1) is 0 Å². The van der Waals surface area contributed by atoms with Crippen molar-refractivity contribution in [2.45, 2.75) is 53.8 Å². The lowest BCUT2D eigenvalue weighted by Gasteiger charge is -2.33. The molecule has 8 heteroatoms. The van der Waals surface area contributed by atoms with Gasteiger partial charge in [0.2, 0.25) is 0 Å². The number of benzene rings is 2. The molecule has 0 spiro atoms. The number of nitrogens with zero attached hydrogens (tertiary/aromatic N) is 1. The Morgan fingerprint density at radius 1 is 1.06 bits per heavy atom. The molecule has 2 aromatic carbocycles. The van der Waals surface area contributed by atoms with Crippen LogP contribution in [-0.4, -0.2) is 53.2 Å². The van der Waals surface area contributed by atoms with Gasteiger partial charge in [-0.3, -0.25) is 4.90 Å². The van der Waals surface area contributed by atoms with Crippen LogP contribution >= 0.6 is 0 Å². The molecule has 2 aliphatic rings. The average molecular weight is 463 g/mol. The predicted octanol–water partition coefficient (Wildman–Crippen LogP) is 2.95. The maximum absolute atomic E-state index is 13.3. The van der Waals surface area contributed by atoms with E-state index in [9.17, 15) is 16.8 Å². The van der Waals surface area contributed by atoms with Gasteiger partial charge in [0.1, 0.15) is 5.25 Å². The third-order valence-corrected chi connectivity index (χ3v) is 10.6. The van der Waals surface area contributed by atoms with Gasteiger partial charge in [-0.1, -0.05) is 36.8 Å². The molecule has 0 bridgehead atoms. The van der Waals surface area contributed by atoms with E-state index in [1.807, 2.05) is 6.07 Å². The summed E-state index contributed by atoms with van der Waals surface area (Å²) in [7, 11) is -7.45. The van der Waals surface area contributed by atoms with E-state index in [0.29, 0.717) is 18.2 Å². The summed E-state index contributed by atoms with van der Waals surface area (Å²) < 4.78 is 52.2. The Hall–Kier alpha value is -1.74. The topological polar surface area (TPSA) is 83.6 Å². The van der Waals surface area contributed by atoms with Gasteiger partial charge in [0.25, 0.3) is 0 Å². The smallest absolute Gasteiger partial charge is 0.186 e. The van der Waals surface area contributed by atoms with Gasteiger partial charge in [0.05, 0.1) is 15.5 Å². The SMILES string of the molecule is CC1CCCCN1CCNCc1cccc2c1C(S(=O)(=O)c1ccccc1)CS2(=O)=O. The Kier molecular flexibility index (Phi) is 6.53. The zero-order chi connectivity index (χ0) is 22.1. The lowest BCUT2D eigenvalue weighted by atomic mass is 10.0. The van der Waals surface area contributed by atoms with Crippen LogP contribution in [-0.2, 0) is 26.2 Å². The molecule has 4 rings (SSSR count). The monoisotopic (exact) mass is 462 g/mol. The van der Waals surface area contributed by atoms with Crippen molar-refractivity contribution in [1.82, 2.24) is 10.2 Å². The lowest BCUT2D eigenvalue weighted by Crippen LogP contribution is -2.41. The molecule has 0 amide bonds. The van der Waals surface area contributed by atoms with Crippen LogP contribution in [0.4, 0.5) is 0 Å². The summed E-state index contributed by atoms with van der Waals surface area (Å²) in [6, 6.07) is 13.8. The van der Waals surface area contributed by atoms with E-state index in [4.69, 9.17) is 0 Å². The van der Waals surface area contributed by atoms with Crippen LogP contribution in [0.3, 0.4) is 0 Å². The zero-order valence-corrected chi connectivity index (χ0v) is 19.5. The van der Waals surface area contributed by atoms with Crippen LogP contribution in [0.25, 0.3) is 0 Å². The second-order valence-electron chi connectivity index (χ2n) is 8.51. The Morgan fingerprint density at radius 3 is 2.58 bits per heavy atom. The van der Waals surface area contributed by atoms with Gasteiger partial charge in [0, 0.05) is 25.7 Å². The summed E-state index contributed by atoms with van der Waals surface area (Å²) in [6.45, 7) is 5.52. The number of hydrogen-bond donors (Lipinski definition) is 1. The van der Waals surface area contributed by atoms with E-state index in [0.717, 1.165) is 25.2 Å². The minimum absolute atomic E-state index is 0.154. The Balaban J connectivity index is 1.55. The molecule has 1 N–H and O–H groups in total. The fraction of sp³-hybridized carbons (Fsp3) is 0.478. The van der Waals surface area contributed by atoms with Crippen LogP contribution in [0, 0.1) is 0 Å². The highest BCUT2D eigenvalue weighted by atomic mass is 32.2. The summed E-state index contributed by atoms with van der Waals surface area (Å²) in [5, 5.41) is 2.33. The first-order valence-electron chi connectivity index (χ1n) is 10.9. The van der Waals surface area contributed by atoms with Gasteiger partial charge in [-0.05, 0) is 55.6 Å². The summed E-state index contributed by atoms with van der Waals surface area (Å²) in [5.41, 5.74) is 1.18. The summed E-state index contributed by atoms with van der Waals surface area (Å²) in [4.78, 5) is 2.78. The molecular weight excluding hydrogens is 432 g/mol. The second kappa shape index (κ2) is 9.02. The Labute approximate surface area is 185 Å². The van der Waals surface area contributed by atoms with Gasteiger partial charge in [0.15, 0.2) is 19.7 Å². The minimum Gasteiger partial charge on any atom is -0.311 e. The van der Waals surface area contributed by atoms with Crippen LogP contribution in [0.1, 0.15) is 42.6 Å². The molecule has 0 aliphatic carbocycles. The van der Waals surface area contributed by atoms with Crippen molar-refractivity contribution < 1.29 is 16.8 Å². The first kappa shape index (κ1) is 22.5. The molecule has 0 saturated carbocycles. The van der Waals surface area contributed by atoms with Crippen molar-refractivity contribution in [3.05, 3.63) is 59.7 Å². The Bertz CT molecular complexity index is 1130. The van der Waals surface area contributed by atoms with Gasteiger partial charge in [-0.25, -0.2) is 16.8 Å². The summed E-state index contributed by atoms with van der Waals surface area (Å²) >= 11 is 0. The highest BCUT2D eigenvalue weighted by Gasteiger charge is 2.44. The average Bonchev–Trinajstić information content (AvgIpc) is 3.05. The summed E-state index contributed by atoms with van der Waals surface area (Å²) in [6.07, 6.45) is 3.74. The molecule has 2 atom stereocenters. The first-order valence-corrected chi connectivity index (χ1v) is 14.1. The van der Waals surface area contributed by atoms with Crippen molar-refractivity contribution in [3.8, 4) is 0 Å². The van der Waals surface area contributed by atoms with E-state index in [1.54, 1.807) is 24.3 Å². The maximum atomic E-state index is 13.3. The number of fused-ring (bicyclic) bond motifs is 1. The molecule has 6 nitrogen and oxygen atoms in total. The fourth-order valence-electron chi connectivity index (χ4n) is 4.71. The normalized spacial score (nSPS) is 23.5. The molecule has 31 heavy (non-hydrogen) atoms. The lowest BCUT2D eigenvalue weighted by molar-refractivity contribution is 0.161. The number of sulfone groups is 2. The Morgan fingerprint density at radius 2 is 1.84 bits per heavy atom. The van der Waals surface area contributed by atoms with E-state index < -0.39 is 30.7 Å². The van der Waals surface area contributed by atoms with E-state index in [-0.39, 0.29) is 9.79 Å². The van der Waals surface area contributed by atoms with E-state index in [1.165, 1.54) is 37.5 Å². The second-order valence-corrected chi connectivity index (χ2v) is 12.6. The van der Waals surface area contributed by atoms with E-state index in [2.05, 4.69) is 17.1 Å². The van der Waals surface area contributed by atoms with Crippen LogP contribution in [0.2, 0.25) is 0 Å². The fourth-order valence-corrected chi connectivity index (χ4v) is 9.13. The molecule has 168 valence electrons. The molecule has 0 radical (unpaired) electrons. The number of piperidine rings is 1. The molecule has 2 aromatic rings. The molecular formula is C23H30N2O4S2. The van der Waals surface area contributed by atoms with Crippen molar-refractivity contribution >= 4 is 19.7 Å². The standard InChI is InChI=1S/C23H30N2O4S2/c1-18-8-5-6-14-25(18)15-13-24-16-19-9-7-12-21-23(19)22(17-30(21,26)27)31(28,29)20-10-3-2-4-11-20/h2-4,7,9-12,18,22,24H,5-6,8,13-17H2,1H3. The van der Waals surface area contributed by atoms with Gasteiger partial charge in [-0.2, -0.15) is 0 Å². The van der Waals surface area contributed by atoms with Gasteiger partial charge >= 0.3 is 0 Å². The van der Waals surface area contributed by atoms with Crippen LogP contribution in [0.15, 0.2) is 58.3 Å². The van der Waals surface area contributed by atoms with Crippen molar-refractivity contribution in [3.63, 3.8) is 0 Å². The largest absolute Gasteiger partial charge is 0.311 e. The maximum Gasteiger partial charge on any atom is 0.186 e. The first-order chi connectivity index (χ1) is 14.8. The van der Waals surface area contributed by atoms with Crippen molar-refractivity contribution in [1.29, 1.82) is 0 Å². The van der Waals surface area contributed by atoms with Crippen molar-refractivity contribution in [2.24, 2.45) is 0 Å². The minimum atomic E-state index is -3.82. The van der Waals surface area contributed by atoms with E-state index >= 15 is 0 Å². The summed E-state index contributed by atoms with van der Waals surface area (Å²) in [5.74, 6) is -0.401. The highest BCUT2D eigenvalue weighted by molar-refractivity contribution is 7.96. The molecule has 2 heterocycles. The number of rotatable bonds is 7. The molecule has 0 aromatic heterocycles. The van der Waals surface area contributed by atoms with Crippen LogP contribution in [0.5, 0.6) is 0 Å².